The lowest BCUT2D eigenvalue weighted by Gasteiger charge is -2.40. The van der Waals surface area contributed by atoms with Crippen molar-refractivity contribution in [2.45, 2.75) is 66.8 Å². The molecule has 60 heavy (non-hydrogen) atoms. The number of fused-ring (bicyclic) bond motifs is 1. The SMILES string of the molecule is C=C(c1ccccc1/C=C\C)c1c(Nc2cccc(C(CN)(c3ccc(C)c(-c4ccccc4C)c3)C(N)c3ccccc3)c2)ccc2ccccc12.C=CC.CC.CC. The number of aryl methyl sites for hydroxylation is 2. The molecule has 0 aliphatic rings. The highest BCUT2D eigenvalue weighted by Gasteiger charge is 2.41. The highest BCUT2D eigenvalue weighted by atomic mass is 14.9. The lowest BCUT2D eigenvalue weighted by Crippen LogP contribution is -2.46. The molecular weight excluding hydrogens is 727 g/mol. The van der Waals surface area contributed by atoms with Gasteiger partial charge >= 0.3 is 0 Å². The molecule has 0 spiro atoms. The summed E-state index contributed by atoms with van der Waals surface area (Å²) in [5, 5.41) is 6.12. The van der Waals surface area contributed by atoms with Gasteiger partial charge < -0.3 is 16.8 Å². The molecule has 0 radical (unpaired) electrons. The molecule has 7 aromatic rings. The topological polar surface area (TPSA) is 64.1 Å². The van der Waals surface area contributed by atoms with Gasteiger partial charge in [-0.3, -0.25) is 0 Å². The predicted octanol–water partition coefficient (Wildman–Crippen LogP) is 15.2. The summed E-state index contributed by atoms with van der Waals surface area (Å²) in [7, 11) is 0. The summed E-state index contributed by atoms with van der Waals surface area (Å²) in [6, 6.07) is 55.1. The molecule has 0 aliphatic carbocycles. The molecule has 2 atom stereocenters. The number of hydrogen-bond donors (Lipinski definition) is 3. The smallest absolute Gasteiger partial charge is 0.0518 e. The Morgan fingerprint density at radius 3 is 1.98 bits per heavy atom. The first-order chi connectivity index (χ1) is 29.3. The molecule has 0 aliphatic heterocycles. The second-order valence-corrected chi connectivity index (χ2v) is 14.3. The van der Waals surface area contributed by atoms with Crippen LogP contribution in [0.25, 0.3) is 33.5 Å². The Morgan fingerprint density at radius 1 is 0.667 bits per heavy atom. The first kappa shape index (κ1) is 46.4. The number of benzene rings is 7. The fraction of sp³-hybridized carbons (Fsp3) is 0.193. The van der Waals surface area contributed by atoms with Crippen molar-refractivity contribution < 1.29 is 0 Å². The molecule has 7 aromatic carbocycles. The summed E-state index contributed by atoms with van der Waals surface area (Å²) >= 11 is 0. The molecule has 0 heterocycles. The first-order valence-electron chi connectivity index (χ1n) is 21.3. The molecule has 2 unspecified atom stereocenters. The lowest BCUT2D eigenvalue weighted by atomic mass is 9.66. The van der Waals surface area contributed by atoms with Crippen LogP contribution in [-0.2, 0) is 5.41 Å². The van der Waals surface area contributed by atoms with Crippen molar-refractivity contribution in [2.75, 3.05) is 11.9 Å². The van der Waals surface area contributed by atoms with Crippen molar-refractivity contribution in [3.8, 4) is 11.1 Å². The van der Waals surface area contributed by atoms with Crippen LogP contribution in [0.4, 0.5) is 11.4 Å². The Balaban J connectivity index is 0.00000107. The third-order valence-electron chi connectivity index (χ3n) is 10.7. The number of allylic oxidation sites excluding steroid dienone is 2. The van der Waals surface area contributed by atoms with Crippen LogP contribution in [0.2, 0.25) is 0 Å². The second kappa shape index (κ2) is 22.8. The molecule has 0 aromatic heterocycles. The van der Waals surface area contributed by atoms with Crippen molar-refractivity contribution in [3.05, 3.63) is 228 Å². The Bertz CT molecular complexity index is 2490. The molecule has 5 N–H and O–H groups in total. The first-order valence-corrected chi connectivity index (χ1v) is 21.3. The average Bonchev–Trinajstić information content (AvgIpc) is 3.29. The predicted molar refractivity (Wildman–Crippen MR) is 266 cm³/mol. The van der Waals surface area contributed by atoms with E-state index in [1.165, 1.54) is 22.3 Å². The summed E-state index contributed by atoms with van der Waals surface area (Å²) in [5.41, 5.74) is 27.8. The van der Waals surface area contributed by atoms with Gasteiger partial charge in [0.25, 0.3) is 0 Å². The van der Waals surface area contributed by atoms with Crippen LogP contribution in [0, 0.1) is 13.8 Å². The highest BCUT2D eigenvalue weighted by Crippen LogP contribution is 2.45. The van der Waals surface area contributed by atoms with E-state index in [0.717, 1.165) is 61.1 Å². The third-order valence-corrected chi connectivity index (χ3v) is 10.7. The average molecular weight is 792 g/mol. The van der Waals surface area contributed by atoms with Crippen molar-refractivity contribution in [1.82, 2.24) is 0 Å². The molecule has 0 saturated carbocycles. The fourth-order valence-electron chi connectivity index (χ4n) is 7.86. The van der Waals surface area contributed by atoms with Gasteiger partial charge in [-0.05, 0) is 118 Å². The number of rotatable bonds is 11. The van der Waals surface area contributed by atoms with Crippen LogP contribution < -0.4 is 16.8 Å². The van der Waals surface area contributed by atoms with E-state index >= 15 is 0 Å². The third kappa shape index (κ3) is 10.1. The molecule has 7 rings (SSSR count). The van der Waals surface area contributed by atoms with Crippen LogP contribution in [-0.4, -0.2) is 6.54 Å². The van der Waals surface area contributed by atoms with Gasteiger partial charge in [0.1, 0.15) is 0 Å². The molecule has 3 heteroatoms. The van der Waals surface area contributed by atoms with Crippen LogP contribution >= 0.6 is 0 Å². The van der Waals surface area contributed by atoms with Gasteiger partial charge in [0.05, 0.1) is 5.41 Å². The molecule has 0 amide bonds. The Kier molecular flexibility index (Phi) is 17.6. The molecule has 3 nitrogen and oxygen atoms in total. The maximum atomic E-state index is 7.42. The van der Waals surface area contributed by atoms with Gasteiger partial charge in [-0.2, -0.15) is 0 Å². The standard InChI is InChI=1S/C50H47N3.C3H6.2C2H6/c1-5-16-37-18-10-13-25-44(37)36(4)48-45-26-14-11-19-38(45)28-30-47(48)53-42-23-15-22-40(31-42)50(33-51,49(52)39-20-7-6-8-21-39)41-29-27-35(3)46(32-41)43-24-12-9-17-34(43)2;1-3-2;2*1-2/h5-32,49,53H,4,33,51-52H2,1-3H3;3H,1H2,2H3;2*1-2H3/b16-5-;;;. The number of nitrogens with one attached hydrogen (secondary N) is 1. The highest BCUT2D eigenvalue weighted by molar-refractivity contribution is 6.03. The minimum absolute atomic E-state index is 0.308. The maximum absolute atomic E-state index is 7.42. The van der Waals surface area contributed by atoms with Gasteiger partial charge in [0, 0.05) is 29.5 Å². The Morgan fingerprint density at radius 2 is 1.28 bits per heavy atom. The molecule has 0 saturated heterocycles. The van der Waals surface area contributed by atoms with Gasteiger partial charge in [-0.25, -0.2) is 0 Å². The van der Waals surface area contributed by atoms with Gasteiger partial charge in [0.2, 0.25) is 0 Å². The number of nitrogens with two attached hydrogens (primary N) is 2. The van der Waals surface area contributed by atoms with Crippen LogP contribution in [0.3, 0.4) is 0 Å². The van der Waals surface area contributed by atoms with E-state index < -0.39 is 11.5 Å². The van der Waals surface area contributed by atoms with Crippen molar-refractivity contribution in [1.29, 1.82) is 0 Å². The van der Waals surface area contributed by atoms with E-state index in [-0.39, 0.29) is 0 Å². The largest absolute Gasteiger partial charge is 0.355 e. The molecule has 0 fully saturated rings. The van der Waals surface area contributed by atoms with E-state index in [0.29, 0.717) is 6.54 Å². The van der Waals surface area contributed by atoms with Crippen molar-refractivity contribution in [3.63, 3.8) is 0 Å². The number of anilines is 2. The van der Waals surface area contributed by atoms with Gasteiger partial charge in [-0.1, -0.05) is 186 Å². The summed E-state index contributed by atoms with van der Waals surface area (Å²) in [6.45, 7) is 24.6. The van der Waals surface area contributed by atoms with E-state index in [9.17, 15) is 0 Å². The summed E-state index contributed by atoms with van der Waals surface area (Å²) in [4.78, 5) is 0. The van der Waals surface area contributed by atoms with Gasteiger partial charge in [0.15, 0.2) is 0 Å². The van der Waals surface area contributed by atoms with E-state index in [2.05, 4.69) is 177 Å². The maximum Gasteiger partial charge on any atom is 0.0518 e. The van der Waals surface area contributed by atoms with Crippen molar-refractivity contribution >= 4 is 33.8 Å². The molecule has 0 bridgehead atoms. The zero-order chi connectivity index (χ0) is 43.7. The summed E-state index contributed by atoms with van der Waals surface area (Å²) in [6.07, 6.45) is 5.96. The van der Waals surface area contributed by atoms with Crippen molar-refractivity contribution in [2.24, 2.45) is 11.5 Å². The molecular formula is C57H65N3. The normalized spacial score (nSPS) is 12.0. The minimum atomic E-state index is -0.745. The molecule has 308 valence electrons. The quantitative estimate of drug-likeness (QED) is 0.114. The van der Waals surface area contributed by atoms with Crippen LogP contribution in [0.15, 0.2) is 183 Å². The van der Waals surface area contributed by atoms with E-state index in [1.54, 1.807) is 6.08 Å². The minimum Gasteiger partial charge on any atom is -0.355 e. The second-order valence-electron chi connectivity index (χ2n) is 14.3. The van der Waals surface area contributed by atoms with E-state index in [4.69, 9.17) is 18.0 Å². The van der Waals surface area contributed by atoms with Crippen LogP contribution in [0.5, 0.6) is 0 Å². The monoisotopic (exact) mass is 792 g/mol. The summed E-state index contributed by atoms with van der Waals surface area (Å²) < 4.78 is 0. The zero-order valence-electron chi connectivity index (χ0n) is 37.1. The Hall–Kier alpha value is -6.26. The zero-order valence-corrected chi connectivity index (χ0v) is 37.1. The van der Waals surface area contributed by atoms with E-state index in [1.807, 2.05) is 59.7 Å². The Labute approximate surface area is 361 Å². The lowest BCUT2D eigenvalue weighted by molar-refractivity contribution is 0.426. The number of hydrogen-bond acceptors (Lipinski definition) is 3. The summed E-state index contributed by atoms with van der Waals surface area (Å²) in [5.74, 6) is 0. The van der Waals surface area contributed by atoms with Crippen LogP contribution in [0.1, 0.15) is 92.1 Å². The fourth-order valence-corrected chi connectivity index (χ4v) is 7.86. The van der Waals surface area contributed by atoms with Gasteiger partial charge in [-0.15, -0.1) is 6.58 Å².